The van der Waals surface area contributed by atoms with E-state index in [-0.39, 0.29) is 36.6 Å². The van der Waals surface area contributed by atoms with Crippen molar-refractivity contribution in [3.63, 3.8) is 0 Å². The van der Waals surface area contributed by atoms with Crippen molar-refractivity contribution in [2.45, 2.75) is 52.5 Å². The van der Waals surface area contributed by atoms with Crippen LogP contribution < -0.4 is 4.74 Å². The molecule has 0 bridgehead atoms. The fraction of sp³-hybridized carbons (Fsp3) is 0.615. The quantitative estimate of drug-likeness (QED) is 0.571. The maximum atomic E-state index is 13.1. The molecule has 2 saturated heterocycles. The van der Waals surface area contributed by atoms with E-state index >= 15 is 0 Å². The minimum absolute atomic E-state index is 0.0108. The first kappa shape index (κ1) is 26.5. The van der Waals surface area contributed by atoms with Crippen molar-refractivity contribution in [3.8, 4) is 5.75 Å². The minimum Gasteiger partial charge on any atom is -0.493 e. The lowest BCUT2D eigenvalue weighted by Gasteiger charge is -2.41. The first-order valence-electron chi connectivity index (χ1n) is 12.4. The highest BCUT2D eigenvalue weighted by molar-refractivity contribution is 5.91. The number of carboxylic acids is 1. The molecule has 2 aliphatic rings. The first-order chi connectivity index (χ1) is 16.6. The number of nitrogens with zero attached hydrogens (tertiary/aromatic N) is 3. The predicted octanol–water partition coefficient (Wildman–Crippen LogP) is 2.04. The first-order valence-corrected chi connectivity index (χ1v) is 12.4. The average Bonchev–Trinajstić information content (AvgIpc) is 2.80. The van der Waals surface area contributed by atoms with Crippen molar-refractivity contribution in [3.05, 3.63) is 29.8 Å². The van der Waals surface area contributed by atoms with Crippen LogP contribution in [0.15, 0.2) is 24.3 Å². The molecule has 0 radical (unpaired) electrons. The molecule has 192 valence electrons. The number of rotatable bonds is 9. The lowest BCUT2D eigenvalue weighted by molar-refractivity contribution is -0.154. The monoisotopic (exact) mass is 487 g/mol. The highest BCUT2D eigenvalue weighted by Gasteiger charge is 2.37. The summed E-state index contributed by atoms with van der Waals surface area (Å²) in [4.78, 5) is 53.8. The summed E-state index contributed by atoms with van der Waals surface area (Å²) in [6, 6.07) is 6.59. The molecule has 0 unspecified atom stereocenters. The number of ether oxygens (including phenoxy) is 1. The number of piperazine rings is 1. The van der Waals surface area contributed by atoms with Gasteiger partial charge in [0.25, 0.3) is 0 Å². The van der Waals surface area contributed by atoms with Crippen LogP contribution >= 0.6 is 0 Å². The van der Waals surface area contributed by atoms with E-state index in [1.54, 1.807) is 34.1 Å². The van der Waals surface area contributed by atoms with E-state index in [0.29, 0.717) is 50.9 Å². The van der Waals surface area contributed by atoms with Crippen LogP contribution in [0.4, 0.5) is 0 Å². The van der Waals surface area contributed by atoms with Gasteiger partial charge in [0.05, 0.1) is 19.6 Å². The molecule has 9 nitrogen and oxygen atoms in total. The van der Waals surface area contributed by atoms with Crippen LogP contribution in [-0.2, 0) is 25.6 Å². The van der Waals surface area contributed by atoms with Gasteiger partial charge in [-0.1, -0.05) is 26.0 Å². The van der Waals surface area contributed by atoms with Crippen LogP contribution in [0, 0.1) is 11.8 Å². The Morgan fingerprint density at radius 2 is 1.71 bits per heavy atom. The van der Waals surface area contributed by atoms with Crippen LogP contribution in [-0.4, -0.2) is 88.9 Å². The van der Waals surface area contributed by atoms with Crippen molar-refractivity contribution in [1.82, 2.24) is 14.7 Å². The molecule has 0 spiro atoms. The Morgan fingerprint density at radius 3 is 2.29 bits per heavy atom. The van der Waals surface area contributed by atoms with E-state index in [1.807, 2.05) is 18.7 Å². The molecule has 9 heteroatoms. The Balaban J connectivity index is 1.44. The number of piperidine rings is 1. The number of hydrogen-bond acceptors (Lipinski definition) is 5. The molecule has 2 aliphatic heterocycles. The van der Waals surface area contributed by atoms with Gasteiger partial charge >= 0.3 is 5.97 Å². The fourth-order valence-electron chi connectivity index (χ4n) is 4.75. The Bertz CT molecular complexity index is 908. The van der Waals surface area contributed by atoms with E-state index in [2.05, 4.69) is 0 Å². The summed E-state index contributed by atoms with van der Waals surface area (Å²) >= 11 is 0. The zero-order valence-corrected chi connectivity index (χ0v) is 20.9. The third-order valence-corrected chi connectivity index (χ3v) is 6.74. The van der Waals surface area contributed by atoms with Crippen LogP contribution in [0.1, 0.15) is 45.6 Å². The normalized spacial score (nSPS) is 19.3. The second kappa shape index (κ2) is 12.0. The topological polar surface area (TPSA) is 107 Å². The molecule has 35 heavy (non-hydrogen) atoms. The molecule has 3 amide bonds. The lowest BCUT2D eigenvalue weighted by atomic mass is 9.97. The molecule has 1 atom stereocenters. The molecular weight excluding hydrogens is 450 g/mol. The minimum atomic E-state index is -0.863. The number of aliphatic carboxylic acids is 1. The summed E-state index contributed by atoms with van der Waals surface area (Å²) in [5, 5.41) is 8.86. The van der Waals surface area contributed by atoms with Crippen LogP contribution in [0.5, 0.6) is 5.75 Å². The Hall–Kier alpha value is -3.10. The van der Waals surface area contributed by atoms with Crippen molar-refractivity contribution in [1.29, 1.82) is 0 Å². The van der Waals surface area contributed by atoms with Gasteiger partial charge in [-0.05, 0) is 48.8 Å². The van der Waals surface area contributed by atoms with Gasteiger partial charge in [-0.2, -0.15) is 0 Å². The molecule has 0 saturated carbocycles. The van der Waals surface area contributed by atoms with Crippen molar-refractivity contribution >= 4 is 23.7 Å². The summed E-state index contributed by atoms with van der Waals surface area (Å²) in [5.74, 6) is 0.155. The molecular formula is C26H37N3O6. The van der Waals surface area contributed by atoms with Gasteiger partial charge in [0.1, 0.15) is 11.8 Å². The van der Waals surface area contributed by atoms with E-state index in [0.717, 1.165) is 18.4 Å². The number of hydrogen-bond donors (Lipinski definition) is 1. The van der Waals surface area contributed by atoms with Crippen LogP contribution in [0.2, 0.25) is 0 Å². The summed E-state index contributed by atoms with van der Waals surface area (Å²) in [6.07, 6.45) is 2.23. The smallest absolute Gasteiger partial charge is 0.307 e. The molecule has 2 fully saturated rings. The Kier molecular flexibility index (Phi) is 9.12. The zero-order chi connectivity index (χ0) is 25.5. The molecule has 3 rings (SSSR count). The van der Waals surface area contributed by atoms with E-state index in [4.69, 9.17) is 9.84 Å². The SMILES string of the molecule is CC(=O)N1CCN(CC(=O)N2CCC(COc3ccc(CC(=O)O)cc3)CC2)C(=O)[C@@H]1CC(C)C. The molecule has 1 N–H and O–H groups in total. The van der Waals surface area contributed by atoms with Crippen LogP contribution in [0.25, 0.3) is 0 Å². The van der Waals surface area contributed by atoms with Crippen LogP contribution in [0.3, 0.4) is 0 Å². The van der Waals surface area contributed by atoms with Crippen molar-refractivity contribution in [2.24, 2.45) is 11.8 Å². The number of carboxylic acid groups (broad SMARTS) is 1. The molecule has 0 aromatic heterocycles. The highest BCUT2D eigenvalue weighted by atomic mass is 16.5. The van der Waals surface area contributed by atoms with Gasteiger partial charge in [0.15, 0.2) is 0 Å². The fourth-order valence-corrected chi connectivity index (χ4v) is 4.75. The summed E-state index contributed by atoms with van der Waals surface area (Å²) in [7, 11) is 0. The average molecular weight is 488 g/mol. The predicted molar refractivity (Wildman–Crippen MR) is 130 cm³/mol. The van der Waals surface area contributed by atoms with Gasteiger partial charge in [0, 0.05) is 33.1 Å². The van der Waals surface area contributed by atoms with Gasteiger partial charge in [0.2, 0.25) is 17.7 Å². The zero-order valence-electron chi connectivity index (χ0n) is 20.9. The van der Waals surface area contributed by atoms with Gasteiger partial charge in [-0.3, -0.25) is 19.2 Å². The van der Waals surface area contributed by atoms with Crippen molar-refractivity contribution < 1.29 is 29.0 Å². The second-order valence-electron chi connectivity index (χ2n) is 9.97. The molecule has 2 heterocycles. The number of carbonyl (C=O) groups is 4. The number of likely N-dealkylation sites (tertiary alicyclic amines) is 1. The number of amides is 3. The molecule has 1 aromatic rings. The standard InChI is InChI=1S/C26H37N3O6/c1-18(2)14-23-26(34)28(12-13-29(23)19(3)30)16-24(31)27-10-8-21(9-11-27)17-35-22-6-4-20(5-7-22)15-25(32)33/h4-7,18,21,23H,8-17H2,1-3H3,(H,32,33)/t23-/m0/s1. The maximum Gasteiger partial charge on any atom is 0.307 e. The third kappa shape index (κ3) is 7.44. The number of benzene rings is 1. The van der Waals surface area contributed by atoms with E-state index in [9.17, 15) is 19.2 Å². The molecule has 0 aliphatic carbocycles. The summed E-state index contributed by atoms with van der Waals surface area (Å²) in [6.45, 7) is 8.24. The second-order valence-corrected chi connectivity index (χ2v) is 9.97. The van der Waals surface area contributed by atoms with Gasteiger partial charge in [-0.15, -0.1) is 0 Å². The highest BCUT2D eigenvalue weighted by Crippen LogP contribution is 2.22. The number of carbonyl (C=O) groups excluding carboxylic acids is 3. The Labute approximate surface area is 207 Å². The summed E-state index contributed by atoms with van der Waals surface area (Å²) < 4.78 is 5.87. The maximum absolute atomic E-state index is 13.1. The van der Waals surface area contributed by atoms with Gasteiger partial charge < -0.3 is 24.5 Å². The van der Waals surface area contributed by atoms with Crippen molar-refractivity contribution in [2.75, 3.05) is 39.3 Å². The van der Waals surface area contributed by atoms with E-state index < -0.39 is 12.0 Å². The largest absolute Gasteiger partial charge is 0.493 e. The van der Waals surface area contributed by atoms with Gasteiger partial charge in [-0.25, -0.2) is 0 Å². The lowest BCUT2D eigenvalue weighted by Crippen LogP contribution is -2.60. The molecule has 1 aromatic carbocycles. The summed E-state index contributed by atoms with van der Waals surface area (Å²) in [5.41, 5.74) is 0.730. The Morgan fingerprint density at radius 1 is 1.06 bits per heavy atom. The van der Waals surface area contributed by atoms with E-state index in [1.165, 1.54) is 6.92 Å². The third-order valence-electron chi connectivity index (χ3n) is 6.74.